The molecule has 1 heterocycles. The van der Waals surface area contributed by atoms with Crippen LogP contribution in [0, 0.1) is 10.5 Å². The number of ether oxygens (including phenoxy) is 2. The van der Waals surface area contributed by atoms with Gasteiger partial charge in [0.25, 0.3) is 5.91 Å². The summed E-state index contributed by atoms with van der Waals surface area (Å²) in [6, 6.07) is 26.8. The fraction of sp³-hybridized carbons (Fsp3) is 0.0938. The third-order valence-corrected chi connectivity index (χ3v) is 7.94. The number of benzene rings is 4. The first-order chi connectivity index (χ1) is 20.4. The number of nitrogens with zero attached hydrogens (tertiary/aromatic N) is 2. The van der Waals surface area contributed by atoms with E-state index >= 15 is 0 Å². The van der Waals surface area contributed by atoms with Crippen molar-refractivity contribution in [1.29, 1.82) is 0 Å². The number of rotatable bonds is 10. The van der Waals surface area contributed by atoms with Gasteiger partial charge in [0.2, 0.25) is 0 Å². The summed E-state index contributed by atoms with van der Waals surface area (Å²) >= 11 is 10.3. The summed E-state index contributed by atoms with van der Waals surface area (Å²) in [5.74, 6) is 0.570. The van der Waals surface area contributed by atoms with E-state index in [0.29, 0.717) is 34.3 Å². The molecule has 0 spiro atoms. The van der Waals surface area contributed by atoms with Crippen LogP contribution in [0.25, 0.3) is 11.3 Å². The molecule has 0 aliphatic heterocycles. The maximum Gasteiger partial charge on any atom is 0.271 e. The normalized spacial score (nSPS) is 11.0. The van der Waals surface area contributed by atoms with Crippen LogP contribution in [0.3, 0.4) is 0 Å². The Hall–Kier alpha value is -3.93. The van der Waals surface area contributed by atoms with Crippen molar-refractivity contribution in [2.45, 2.75) is 13.5 Å². The first-order valence-electron chi connectivity index (χ1n) is 12.9. The third-order valence-electron chi connectivity index (χ3n) is 6.18. The van der Waals surface area contributed by atoms with Gasteiger partial charge in [-0.3, -0.25) is 4.79 Å². The van der Waals surface area contributed by atoms with Gasteiger partial charge >= 0.3 is 0 Å². The van der Waals surface area contributed by atoms with Crippen molar-refractivity contribution < 1.29 is 14.3 Å². The molecular weight excluding hydrogens is 683 g/mol. The van der Waals surface area contributed by atoms with E-state index in [1.165, 1.54) is 23.1 Å². The lowest BCUT2D eigenvalue weighted by Gasteiger charge is -2.13. The lowest BCUT2D eigenvalue weighted by molar-refractivity contribution is 0.0955. The van der Waals surface area contributed by atoms with Crippen LogP contribution in [0.1, 0.15) is 27.0 Å². The predicted octanol–water partition coefficient (Wildman–Crippen LogP) is 8.47. The molecule has 0 saturated carbocycles. The van der Waals surface area contributed by atoms with Crippen LogP contribution in [0.15, 0.2) is 95.4 Å². The number of carbonyl (C=O) groups excluding carboxylic acids is 1. The lowest BCUT2D eigenvalue weighted by atomic mass is 10.1. The molecule has 0 aliphatic rings. The van der Waals surface area contributed by atoms with Gasteiger partial charge in [-0.15, -0.1) is 11.3 Å². The number of hydrogen-bond donors (Lipinski definition) is 2. The Morgan fingerprint density at radius 3 is 2.50 bits per heavy atom. The topological polar surface area (TPSA) is 84.8 Å². The van der Waals surface area contributed by atoms with E-state index in [-0.39, 0.29) is 5.91 Å². The van der Waals surface area contributed by atoms with Crippen LogP contribution < -0.4 is 20.2 Å². The number of carbonyl (C=O) groups is 1. The lowest BCUT2D eigenvalue weighted by Crippen LogP contribution is -2.17. The van der Waals surface area contributed by atoms with Crippen molar-refractivity contribution in [2.75, 3.05) is 12.4 Å². The SMILES string of the molecule is COc1cc(/C=N\NC(=O)c2ccc(-c3csc(Nc4ccc(C)cc4)n3)cc2)cc(Cl)c1OCc1ccc(I)cc1. The van der Waals surface area contributed by atoms with Gasteiger partial charge in [-0.25, -0.2) is 10.4 Å². The summed E-state index contributed by atoms with van der Waals surface area (Å²) in [6.07, 6.45) is 1.50. The molecule has 0 radical (unpaired) electrons. The second kappa shape index (κ2) is 13.8. The molecule has 0 atom stereocenters. The minimum absolute atomic E-state index is 0.339. The van der Waals surface area contributed by atoms with E-state index in [1.807, 2.05) is 53.9 Å². The summed E-state index contributed by atoms with van der Waals surface area (Å²) in [5.41, 5.74) is 8.62. The maximum atomic E-state index is 12.7. The molecular formula is C32H26ClIN4O3S. The molecule has 212 valence electrons. The van der Waals surface area contributed by atoms with Crippen molar-refractivity contribution in [2.24, 2.45) is 5.10 Å². The van der Waals surface area contributed by atoms with E-state index < -0.39 is 0 Å². The van der Waals surface area contributed by atoms with E-state index in [4.69, 9.17) is 21.1 Å². The number of aromatic nitrogens is 1. The number of thiazole rings is 1. The smallest absolute Gasteiger partial charge is 0.271 e. The zero-order chi connectivity index (χ0) is 29.5. The average Bonchev–Trinajstić information content (AvgIpc) is 3.47. The molecule has 42 heavy (non-hydrogen) atoms. The average molecular weight is 709 g/mol. The van der Waals surface area contributed by atoms with Gasteiger partial charge in [0, 0.05) is 25.8 Å². The van der Waals surface area contributed by atoms with Crippen molar-refractivity contribution in [3.05, 3.63) is 121 Å². The van der Waals surface area contributed by atoms with Crippen LogP contribution >= 0.6 is 45.5 Å². The molecule has 1 amide bonds. The van der Waals surface area contributed by atoms with Gasteiger partial charge < -0.3 is 14.8 Å². The first-order valence-corrected chi connectivity index (χ1v) is 15.2. The standard InChI is InChI=1S/C32H26ClIN4O3S/c1-20-3-13-26(14-4-20)36-32-37-28(19-42-32)23-7-9-24(10-8-23)31(39)38-35-17-22-15-27(33)30(29(16-22)40-2)41-18-21-5-11-25(34)12-6-21/h3-17,19H,18H2,1-2H3,(H,36,37)(H,38,39)/b35-17-. The molecule has 5 aromatic rings. The Balaban J connectivity index is 1.18. The minimum atomic E-state index is -0.339. The molecule has 5 rings (SSSR count). The summed E-state index contributed by atoms with van der Waals surface area (Å²) in [7, 11) is 1.54. The Labute approximate surface area is 266 Å². The van der Waals surface area contributed by atoms with Crippen molar-refractivity contribution in [3.8, 4) is 22.8 Å². The minimum Gasteiger partial charge on any atom is -0.493 e. The Morgan fingerprint density at radius 2 is 1.79 bits per heavy atom. The molecule has 1 aromatic heterocycles. The molecule has 10 heteroatoms. The highest BCUT2D eigenvalue weighted by Gasteiger charge is 2.13. The summed E-state index contributed by atoms with van der Waals surface area (Å²) in [4.78, 5) is 17.3. The molecule has 0 unspecified atom stereocenters. The molecule has 0 fully saturated rings. The molecule has 0 aliphatic carbocycles. The number of anilines is 2. The Bertz CT molecular complexity index is 1710. The summed E-state index contributed by atoms with van der Waals surface area (Å²) < 4.78 is 12.6. The Kier molecular flexibility index (Phi) is 9.73. The van der Waals surface area contributed by atoms with Gasteiger partial charge in [0.1, 0.15) is 6.61 Å². The number of nitrogens with one attached hydrogen (secondary N) is 2. The number of methoxy groups -OCH3 is 1. The van der Waals surface area contributed by atoms with E-state index in [1.54, 1.807) is 31.4 Å². The molecule has 7 nitrogen and oxygen atoms in total. The van der Waals surface area contributed by atoms with Crippen LogP contribution in [0.5, 0.6) is 11.5 Å². The number of aryl methyl sites for hydroxylation is 1. The van der Waals surface area contributed by atoms with Gasteiger partial charge in [0.05, 0.1) is 24.0 Å². The van der Waals surface area contributed by atoms with Crippen LogP contribution in [-0.4, -0.2) is 24.2 Å². The highest BCUT2D eigenvalue weighted by atomic mass is 127. The number of hydrogen-bond acceptors (Lipinski definition) is 7. The molecule has 2 N–H and O–H groups in total. The zero-order valence-corrected chi connectivity index (χ0v) is 26.5. The van der Waals surface area contributed by atoms with Crippen molar-refractivity contribution in [3.63, 3.8) is 0 Å². The van der Waals surface area contributed by atoms with Crippen LogP contribution in [0.2, 0.25) is 5.02 Å². The quantitative estimate of drug-likeness (QED) is 0.0864. The molecule has 0 bridgehead atoms. The number of amides is 1. The van der Waals surface area contributed by atoms with E-state index in [9.17, 15) is 4.79 Å². The predicted molar refractivity (Wildman–Crippen MR) is 179 cm³/mol. The van der Waals surface area contributed by atoms with Crippen molar-refractivity contribution in [1.82, 2.24) is 10.4 Å². The van der Waals surface area contributed by atoms with Crippen LogP contribution in [-0.2, 0) is 6.61 Å². The molecule has 0 saturated heterocycles. The maximum absolute atomic E-state index is 12.7. The van der Waals surface area contributed by atoms with Gasteiger partial charge in [0.15, 0.2) is 16.6 Å². The van der Waals surface area contributed by atoms with Crippen molar-refractivity contribution >= 4 is 68.5 Å². The van der Waals surface area contributed by atoms with Gasteiger partial charge in [-0.2, -0.15) is 5.10 Å². The third kappa shape index (κ3) is 7.67. The molecule has 4 aromatic carbocycles. The number of halogens is 2. The fourth-order valence-electron chi connectivity index (χ4n) is 3.94. The second-order valence-corrected chi connectivity index (χ2v) is 11.8. The van der Waals surface area contributed by atoms with Gasteiger partial charge in [-0.05, 0) is 89.2 Å². The van der Waals surface area contributed by atoms with E-state index in [0.717, 1.165) is 31.2 Å². The van der Waals surface area contributed by atoms with E-state index in [2.05, 4.69) is 62.5 Å². The highest BCUT2D eigenvalue weighted by Crippen LogP contribution is 2.36. The number of hydrazone groups is 1. The van der Waals surface area contributed by atoms with Gasteiger partial charge in [-0.1, -0.05) is 53.6 Å². The second-order valence-electron chi connectivity index (χ2n) is 9.25. The monoisotopic (exact) mass is 708 g/mol. The Morgan fingerprint density at radius 1 is 1.05 bits per heavy atom. The zero-order valence-electron chi connectivity index (χ0n) is 22.7. The largest absolute Gasteiger partial charge is 0.493 e. The highest BCUT2D eigenvalue weighted by molar-refractivity contribution is 14.1. The summed E-state index contributed by atoms with van der Waals surface area (Å²) in [5, 5.41) is 10.6. The van der Waals surface area contributed by atoms with Crippen LogP contribution in [0.4, 0.5) is 10.8 Å². The summed E-state index contributed by atoms with van der Waals surface area (Å²) in [6.45, 7) is 2.40. The fourth-order valence-corrected chi connectivity index (χ4v) is 5.31. The first kappa shape index (κ1) is 29.6.